The first-order valence-corrected chi connectivity index (χ1v) is 8.62. The molecule has 0 bridgehead atoms. The van der Waals surface area contributed by atoms with E-state index in [1.165, 1.54) is 0 Å². The van der Waals surface area contributed by atoms with E-state index in [0.717, 1.165) is 22.5 Å². The summed E-state index contributed by atoms with van der Waals surface area (Å²) in [6.07, 6.45) is 0. The van der Waals surface area contributed by atoms with Gasteiger partial charge in [0.05, 0.1) is 18.2 Å². The zero-order valence-electron chi connectivity index (χ0n) is 14.2. The molecule has 3 aromatic rings. The third kappa shape index (κ3) is 2.74. The highest BCUT2D eigenvalue weighted by molar-refractivity contribution is 6.12. The second-order valence-corrected chi connectivity index (χ2v) is 6.11. The summed E-state index contributed by atoms with van der Waals surface area (Å²) in [5, 5.41) is 9.14. The predicted octanol–water partition coefficient (Wildman–Crippen LogP) is 3.87. The summed E-state index contributed by atoms with van der Waals surface area (Å²) in [5.74, 6) is 0.205. The van der Waals surface area contributed by atoms with Crippen LogP contribution in [-0.4, -0.2) is 24.2 Å². The number of anilines is 2. The van der Waals surface area contributed by atoms with Crippen molar-refractivity contribution in [2.45, 2.75) is 5.92 Å². The minimum Gasteiger partial charge on any atom is -0.491 e. The molecule has 4 rings (SSSR count). The molecule has 1 atom stereocenters. The number of carbonyl (C=O) groups is 1. The average Bonchev–Trinajstić information content (AvgIpc) is 3.00. The molecule has 1 N–H and O–H groups in total. The Labute approximate surface area is 152 Å². The normalized spacial score (nSPS) is 15.8. The van der Waals surface area contributed by atoms with Crippen LogP contribution in [0.3, 0.4) is 0 Å². The minimum atomic E-state index is -0.429. The number of amides is 1. The zero-order valence-corrected chi connectivity index (χ0v) is 14.2. The summed E-state index contributed by atoms with van der Waals surface area (Å²) in [4.78, 5) is 15.2. The summed E-state index contributed by atoms with van der Waals surface area (Å²) in [5.41, 5.74) is 3.43. The molecule has 1 unspecified atom stereocenters. The van der Waals surface area contributed by atoms with Gasteiger partial charge in [-0.25, -0.2) is 0 Å². The molecule has 0 saturated carbocycles. The Bertz CT molecular complexity index is 909. The van der Waals surface area contributed by atoms with Crippen LogP contribution in [0.5, 0.6) is 5.75 Å². The van der Waals surface area contributed by atoms with Crippen LogP contribution in [0.1, 0.15) is 17.0 Å². The largest absolute Gasteiger partial charge is 0.491 e. The number of fused-ring (bicyclic) bond motifs is 1. The number of carbonyl (C=O) groups excluding carboxylic acids is 1. The molecule has 1 heterocycles. The van der Waals surface area contributed by atoms with E-state index in [0.29, 0.717) is 5.75 Å². The number of aliphatic hydroxyl groups is 1. The topological polar surface area (TPSA) is 49.8 Å². The third-order valence-corrected chi connectivity index (χ3v) is 4.54. The van der Waals surface area contributed by atoms with Crippen molar-refractivity contribution in [1.29, 1.82) is 0 Å². The quantitative estimate of drug-likeness (QED) is 0.764. The summed E-state index contributed by atoms with van der Waals surface area (Å²) in [6, 6.07) is 25.0. The first-order chi connectivity index (χ1) is 12.8. The number of benzene rings is 3. The van der Waals surface area contributed by atoms with Crippen molar-refractivity contribution in [3.8, 4) is 5.75 Å². The van der Waals surface area contributed by atoms with E-state index in [9.17, 15) is 4.79 Å². The van der Waals surface area contributed by atoms with E-state index >= 15 is 0 Å². The molecule has 1 aliphatic rings. The summed E-state index contributed by atoms with van der Waals surface area (Å²) < 4.78 is 5.75. The van der Waals surface area contributed by atoms with Gasteiger partial charge in [-0.2, -0.15) is 0 Å². The van der Waals surface area contributed by atoms with Crippen LogP contribution in [-0.2, 0) is 4.79 Å². The molecule has 0 aromatic heterocycles. The molecule has 0 radical (unpaired) electrons. The van der Waals surface area contributed by atoms with Crippen molar-refractivity contribution >= 4 is 17.3 Å². The minimum absolute atomic E-state index is 0.00236. The molecule has 0 saturated heterocycles. The average molecular weight is 345 g/mol. The third-order valence-electron chi connectivity index (χ3n) is 4.54. The van der Waals surface area contributed by atoms with Gasteiger partial charge in [-0.1, -0.05) is 54.6 Å². The van der Waals surface area contributed by atoms with Crippen molar-refractivity contribution < 1.29 is 14.6 Å². The highest BCUT2D eigenvalue weighted by Crippen LogP contribution is 2.48. The molecule has 1 amide bonds. The molecular formula is C22H19NO3. The predicted molar refractivity (Wildman–Crippen MR) is 101 cm³/mol. The fourth-order valence-corrected chi connectivity index (χ4v) is 3.47. The Morgan fingerprint density at radius 2 is 1.58 bits per heavy atom. The summed E-state index contributed by atoms with van der Waals surface area (Å²) >= 11 is 0. The number of rotatable bonds is 5. The van der Waals surface area contributed by atoms with Gasteiger partial charge in [0.1, 0.15) is 12.4 Å². The molecule has 130 valence electrons. The van der Waals surface area contributed by atoms with Crippen molar-refractivity contribution in [2.24, 2.45) is 0 Å². The van der Waals surface area contributed by atoms with E-state index in [1.807, 2.05) is 78.9 Å². The van der Waals surface area contributed by atoms with Crippen LogP contribution in [0.2, 0.25) is 0 Å². The van der Waals surface area contributed by atoms with Crippen molar-refractivity contribution in [3.05, 3.63) is 90.0 Å². The Balaban J connectivity index is 1.89. The zero-order chi connectivity index (χ0) is 17.9. The molecule has 3 aromatic carbocycles. The van der Waals surface area contributed by atoms with Gasteiger partial charge in [0, 0.05) is 11.3 Å². The van der Waals surface area contributed by atoms with Crippen molar-refractivity contribution in [2.75, 3.05) is 18.1 Å². The SMILES string of the molecule is O=C1C(c2ccccc2)c2c(OCCO)cccc2N1c1ccccc1. The van der Waals surface area contributed by atoms with Crippen LogP contribution >= 0.6 is 0 Å². The van der Waals surface area contributed by atoms with Crippen LogP contribution in [0.15, 0.2) is 78.9 Å². The summed E-state index contributed by atoms with van der Waals surface area (Å²) in [6.45, 7) is 0.119. The molecule has 0 fully saturated rings. The molecule has 4 heteroatoms. The van der Waals surface area contributed by atoms with Crippen LogP contribution < -0.4 is 9.64 Å². The van der Waals surface area contributed by atoms with Crippen molar-refractivity contribution in [3.63, 3.8) is 0 Å². The Morgan fingerprint density at radius 1 is 0.885 bits per heavy atom. The number of aliphatic hydroxyl groups excluding tert-OH is 1. The van der Waals surface area contributed by atoms with E-state index in [-0.39, 0.29) is 19.1 Å². The number of hydrogen-bond donors (Lipinski definition) is 1. The van der Waals surface area contributed by atoms with Gasteiger partial charge in [0.2, 0.25) is 5.91 Å². The number of para-hydroxylation sites is 1. The van der Waals surface area contributed by atoms with E-state index in [4.69, 9.17) is 9.84 Å². The molecule has 0 aliphatic carbocycles. The lowest BCUT2D eigenvalue weighted by Gasteiger charge is -2.18. The first kappa shape index (κ1) is 16.4. The fourth-order valence-electron chi connectivity index (χ4n) is 3.47. The summed E-state index contributed by atoms with van der Waals surface area (Å²) in [7, 11) is 0. The smallest absolute Gasteiger partial charge is 0.243 e. The molecule has 1 aliphatic heterocycles. The fraction of sp³-hybridized carbons (Fsp3) is 0.136. The second kappa shape index (κ2) is 7.02. The highest BCUT2D eigenvalue weighted by Gasteiger charge is 2.41. The molecule has 0 spiro atoms. The Hall–Kier alpha value is -3.11. The van der Waals surface area contributed by atoms with Crippen LogP contribution in [0.4, 0.5) is 11.4 Å². The number of hydrogen-bond acceptors (Lipinski definition) is 3. The van der Waals surface area contributed by atoms with Gasteiger partial charge in [-0.05, 0) is 29.8 Å². The molecule has 4 nitrogen and oxygen atoms in total. The van der Waals surface area contributed by atoms with Gasteiger partial charge >= 0.3 is 0 Å². The lowest BCUT2D eigenvalue weighted by atomic mass is 9.92. The Kier molecular flexibility index (Phi) is 4.42. The van der Waals surface area contributed by atoms with Gasteiger partial charge in [-0.3, -0.25) is 9.69 Å². The monoisotopic (exact) mass is 345 g/mol. The van der Waals surface area contributed by atoms with Crippen LogP contribution in [0.25, 0.3) is 0 Å². The maximum Gasteiger partial charge on any atom is 0.243 e. The van der Waals surface area contributed by atoms with Gasteiger partial charge < -0.3 is 9.84 Å². The lowest BCUT2D eigenvalue weighted by molar-refractivity contribution is -0.117. The maximum atomic E-state index is 13.4. The van der Waals surface area contributed by atoms with E-state index in [2.05, 4.69) is 0 Å². The Morgan fingerprint density at radius 3 is 2.27 bits per heavy atom. The number of ether oxygens (including phenoxy) is 1. The molecular weight excluding hydrogens is 326 g/mol. The molecule has 26 heavy (non-hydrogen) atoms. The van der Waals surface area contributed by atoms with Gasteiger partial charge in [-0.15, -0.1) is 0 Å². The van der Waals surface area contributed by atoms with Crippen molar-refractivity contribution in [1.82, 2.24) is 0 Å². The number of nitrogens with zero attached hydrogens (tertiary/aromatic N) is 1. The maximum absolute atomic E-state index is 13.4. The van der Waals surface area contributed by atoms with Crippen LogP contribution in [0, 0.1) is 0 Å². The van der Waals surface area contributed by atoms with Gasteiger partial charge in [0.15, 0.2) is 0 Å². The van der Waals surface area contributed by atoms with Gasteiger partial charge in [0.25, 0.3) is 0 Å². The lowest BCUT2D eigenvalue weighted by Crippen LogP contribution is -2.24. The standard InChI is InChI=1S/C22H19NO3/c24-14-15-26-19-13-7-12-18-21(19)20(16-8-3-1-4-9-16)22(25)23(18)17-10-5-2-6-11-17/h1-13,20,24H,14-15H2. The van der Waals surface area contributed by atoms with E-state index < -0.39 is 5.92 Å². The van der Waals surface area contributed by atoms with E-state index in [1.54, 1.807) is 4.90 Å². The first-order valence-electron chi connectivity index (χ1n) is 8.62. The highest BCUT2D eigenvalue weighted by atomic mass is 16.5. The second-order valence-electron chi connectivity index (χ2n) is 6.11.